The maximum atomic E-state index is 12.9. The molecule has 2 amide bonds. The number of rotatable bonds is 4. The average Bonchev–Trinajstić information content (AvgIpc) is 3.49. The molecule has 0 saturated carbocycles. The van der Waals surface area contributed by atoms with E-state index in [-0.39, 0.29) is 17.7 Å². The van der Waals surface area contributed by atoms with Crippen LogP contribution < -0.4 is 5.32 Å². The summed E-state index contributed by atoms with van der Waals surface area (Å²) in [7, 11) is 0. The van der Waals surface area contributed by atoms with E-state index < -0.39 is 0 Å². The maximum absolute atomic E-state index is 12.9. The van der Waals surface area contributed by atoms with Crippen LogP contribution in [0.4, 0.5) is 5.69 Å². The van der Waals surface area contributed by atoms with Gasteiger partial charge in [0.05, 0.1) is 28.0 Å². The minimum absolute atomic E-state index is 0.0638. The van der Waals surface area contributed by atoms with E-state index >= 15 is 0 Å². The van der Waals surface area contributed by atoms with Gasteiger partial charge in [-0.25, -0.2) is 4.98 Å². The molecule has 7 heteroatoms. The summed E-state index contributed by atoms with van der Waals surface area (Å²) < 4.78 is 6.15. The van der Waals surface area contributed by atoms with Crippen molar-refractivity contribution in [1.29, 1.82) is 0 Å². The largest absolute Gasteiger partial charge is 0.472 e. The molecule has 1 aliphatic rings. The van der Waals surface area contributed by atoms with Gasteiger partial charge in [-0.2, -0.15) is 0 Å². The summed E-state index contributed by atoms with van der Waals surface area (Å²) in [5.41, 5.74) is 3.20. The number of benzene rings is 2. The Labute approximate surface area is 183 Å². The molecule has 2 aromatic heterocycles. The molecule has 1 fully saturated rings. The minimum Gasteiger partial charge on any atom is -0.472 e. The average molecular weight is 432 g/mol. The van der Waals surface area contributed by atoms with Crippen molar-refractivity contribution < 1.29 is 14.0 Å². The van der Waals surface area contributed by atoms with Crippen molar-refractivity contribution in [2.24, 2.45) is 5.92 Å². The lowest BCUT2D eigenvalue weighted by atomic mass is 9.96. The van der Waals surface area contributed by atoms with Crippen molar-refractivity contribution in [1.82, 2.24) is 9.88 Å². The van der Waals surface area contributed by atoms with Crippen LogP contribution in [-0.4, -0.2) is 34.8 Å². The molecular formula is C24H21N3O3S. The summed E-state index contributed by atoms with van der Waals surface area (Å²) in [6.45, 7) is 1.06. The Balaban J connectivity index is 1.29. The van der Waals surface area contributed by atoms with E-state index in [1.807, 2.05) is 42.5 Å². The number of carbonyl (C=O) groups is 2. The molecule has 0 spiro atoms. The molecule has 0 bridgehead atoms. The molecule has 4 aromatic rings. The second kappa shape index (κ2) is 8.35. The second-order valence-corrected chi connectivity index (χ2v) is 8.69. The van der Waals surface area contributed by atoms with Gasteiger partial charge >= 0.3 is 0 Å². The molecule has 1 atom stereocenters. The standard InChI is InChI=1S/C24H21N3O3S/c28-22(17-6-4-11-27(14-17)24(29)18-10-12-30-15-18)25-19-7-3-5-16(13-19)23-26-20-8-1-2-9-21(20)31-23/h1-3,5,7-10,12-13,15,17H,4,6,11,14H2,(H,25,28). The number of fused-ring (bicyclic) bond motifs is 1. The van der Waals surface area contributed by atoms with E-state index in [0.29, 0.717) is 18.7 Å². The summed E-state index contributed by atoms with van der Waals surface area (Å²) in [5, 5.41) is 3.95. The second-order valence-electron chi connectivity index (χ2n) is 7.66. The van der Waals surface area contributed by atoms with E-state index in [4.69, 9.17) is 9.40 Å². The zero-order chi connectivity index (χ0) is 21.2. The number of aromatic nitrogens is 1. The number of hydrogen-bond acceptors (Lipinski definition) is 5. The Bertz CT molecular complexity index is 1200. The fraction of sp³-hybridized carbons (Fsp3) is 0.208. The van der Waals surface area contributed by atoms with Gasteiger partial charge in [-0.05, 0) is 43.2 Å². The van der Waals surface area contributed by atoms with Gasteiger partial charge in [0.2, 0.25) is 5.91 Å². The van der Waals surface area contributed by atoms with Crippen LogP contribution in [0.3, 0.4) is 0 Å². The zero-order valence-electron chi connectivity index (χ0n) is 16.8. The van der Waals surface area contributed by atoms with Gasteiger partial charge in [-0.15, -0.1) is 11.3 Å². The van der Waals surface area contributed by atoms with E-state index in [2.05, 4.69) is 11.4 Å². The lowest BCUT2D eigenvalue weighted by molar-refractivity contribution is -0.121. The molecule has 6 nitrogen and oxygen atoms in total. The Kier molecular flexibility index (Phi) is 5.26. The number of furan rings is 1. The Morgan fingerprint density at radius 3 is 2.87 bits per heavy atom. The lowest BCUT2D eigenvalue weighted by Crippen LogP contribution is -2.43. The molecule has 0 radical (unpaired) electrons. The lowest BCUT2D eigenvalue weighted by Gasteiger charge is -2.31. The van der Waals surface area contributed by atoms with E-state index in [1.54, 1.807) is 22.3 Å². The summed E-state index contributed by atoms with van der Waals surface area (Å²) >= 11 is 1.63. The molecule has 1 unspecified atom stereocenters. The molecule has 1 saturated heterocycles. The normalized spacial score (nSPS) is 16.4. The monoisotopic (exact) mass is 431 g/mol. The van der Waals surface area contributed by atoms with Gasteiger partial charge < -0.3 is 14.6 Å². The smallest absolute Gasteiger partial charge is 0.257 e. The van der Waals surface area contributed by atoms with Crippen molar-refractivity contribution in [3.05, 3.63) is 72.7 Å². The first-order chi connectivity index (χ1) is 15.2. The molecule has 0 aliphatic carbocycles. The third-order valence-corrected chi connectivity index (χ3v) is 6.60. The van der Waals surface area contributed by atoms with Crippen LogP contribution in [0, 0.1) is 5.92 Å². The molecule has 156 valence electrons. The third-order valence-electron chi connectivity index (χ3n) is 5.52. The molecule has 5 rings (SSSR count). The highest BCUT2D eigenvalue weighted by molar-refractivity contribution is 7.21. The first-order valence-corrected chi connectivity index (χ1v) is 11.1. The van der Waals surface area contributed by atoms with Crippen molar-refractivity contribution in [3.63, 3.8) is 0 Å². The first kappa shape index (κ1) is 19.5. The van der Waals surface area contributed by atoms with Crippen molar-refractivity contribution in [2.45, 2.75) is 12.8 Å². The quantitative estimate of drug-likeness (QED) is 0.491. The van der Waals surface area contributed by atoms with Gasteiger partial charge in [0.15, 0.2) is 0 Å². The van der Waals surface area contributed by atoms with Crippen molar-refractivity contribution in [2.75, 3.05) is 18.4 Å². The highest BCUT2D eigenvalue weighted by Gasteiger charge is 2.29. The molecular weight excluding hydrogens is 410 g/mol. The number of anilines is 1. The highest BCUT2D eigenvalue weighted by atomic mass is 32.1. The van der Waals surface area contributed by atoms with Crippen LogP contribution in [-0.2, 0) is 4.79 Å². The van der Waals surface area contributed by atoms with Crippen molar-refractivity contribution in [3.8, 4) is 10.6 Å². The fourth-order valence-electron chi connectivity index (χ4n) is 3.91. The Hall–Kier alpha value is -3.45. The number of hydrogen-bond donors (Lipinski definition) is 1. The SMILES string of the molecule is O=C(Nc1cccc(-c2nc3ccccc3s2)c1)C1CCCN(C(=O)c2ccoc2)C1. The number of carbonyl (C=O) groups excluding carboxylic acids is 2. The number of para-hydroxylation sites is 1. The maximum Gasteiger partial charge on any atom is 0.257 e. The molecule has 2 aromatic carbocycles. The summed E-state index contributed by atoms with van der Waals surface area (Å²) in [6, 6.07) is 17.4. The fourth-order valence-corrected chi connectivity index (χ4v) is 4.88. The van der Waals surface area contributed by atoms with Crippen LogP contribution in [0.2, 0.25) is 0 Å². The summed E-state index contributed by atoms with van der Waals surface area (Å²) in [5.74, 6) is -0.397. The molecule has 31 heavy (non-hydrogen) atoms. The highest BCUT2D eigenvalue weighted by Crippen LogP contribution is 2.31. The van der Waals surface area contributed by atoms with Crippen LogP contribution in [0.15, 0.2) is 71.5 Å². The van der Waals surface area contributed by atoms with Crippen LogP contribution in [0.5, 0.6) is 0 Å². The van der Waals surface area contributed by atoms with Gasteiger partial charge in [0.1, 0.15) is 11.3 Å². The van der Waals surface area contributed by atoms with Gasteiger partial charge in [-0.3, -0.25) is 9.59 Å². The van der Waals surface area contributed by atoms with Crippen LogP contribution in [0.25, 0.3) is 20.8 Å². The number of likely N-dealkylation sites (tertiary alicyclic amines) is 1. The first-order valence-electron chi connectivity index (χ1n) is 10.3. The van der Waals surface area contributed by atoms with Crippen LogP contribution >= 0.6 is 11.3 Å². The predicted molar refractivity (Wildman–Crippen MR) is 121 cm³/mol. The number of nitrogens with zero attached hydrogens (tertiary/aromatic N) is 2. The van der Waals surface area contributed by atoms with E-state index in [1.165, 1.54) is 12.5 Å². The van der Waals surface area contributed by atoms with Crippen LogP contribution in [0.1, 0.15) is 23.2 Å². The van der Waals surface area contributed by atoms with Gasteiger partial charge in [0.25, 0.3) is 5.91 Å². The van der Waals surface area contributed by atoms with E-state index in [0.717, 1.165) is 39.3 Å². The van der Waals surface area contributed by atoms with E-state index in [9.17, 15) is 9.59 Å². The summed E-state index contributed by atoms with van der Waals surface area (Å²) in [4.78, 5) is 32.0. The Morgan fingerprint density at radius 1 is 1.13 bits per heavy atom. The molecule has 3 heterocycles. The van der Waals surface area contributed by atoms with Gasteiger partial charge in [-0.1, -0.05) is 24.3 Å². The van der Waals surface area contributed by atoms with Gasteiger partial charge in [0, 0.05) is 24.3 Å². The summed E-state index contributed by atoms with van der Waals surface area (Å²) in [6.07, 6.45) is 4.49. The third kappa shape index (κ3) is 4.09. The number of thiazole rings is 1. The Morgan fingerprint density at radius 2 is 2.03 bits per heavy atom. The minimum atomic E-state index is -0.240. The number of piperidine rings is 1. The zero-order valence-corrected chi connectivity index (χ0v) is 17.6. The number of nitrogens with one attached hydrogen (secondary N) is 1. The molecule has 1 aliphatic heterocycles. The topological polar surface area (TPSA) is 75.4 Å². The van der Waals surface area contributed by atoms with Crippen molar-refractivity contribution >= 4 is 39.1 Å². The predicted octanol–water partition coefficient (Wildman–Crippen LogP) is 5.05. The number of amides is 2. The molecule has 1 N–H and O–H groups in total.